The molecule has 0 spiro atoms. The molecule has 1 aromatic carbocycles. The zero-order valence-electron chi connectivity index (χ0n) is 8.04. The quantitative estimate of drug-likeness (QED) is 0.571. The summed E-state index contributed by atoms with van der Waals surface area (Å²) in [6.45, 7) is 2.01. The molecule has 0 aromatic heterocycles. The number of halogens is 1. The number of ether oxygens (including phenoxy) is 1. The molecule has 0 aliphatic rings. The summed E-state index contributed by atoms with van der Waals surface area (Å²) in [5.41, 5.74) is 0.291. The van der Waals surface area contributed by atoms with Gasteiger partial charge in [0.2, 0.25) is 0 Å². The van der Waals surface area contributed by atoms with Crippen LogP contribution in [0.1, 0.15) is 17.3 Å². The number of carbonyl (C=O) groups excluding carboxylic acids is 1. The maximum atomic E-state index is 13.2. The van der Waals surface area contributed by atoms with Gasteiger partial charge in [0.1, 0.15) is 5.82 Å². The largest absolute Gasteiger partial charge is 0.462 e. The molecule has 0 amide bonds. The van der Waals surface area contributed by atoms with E-state index in [0.29, 0.717) is 17.1 Å². The molecule has 2 nitrogen and oxygen atoms in total. The van der Waals surface area contributed by atoms with Gasteiger partial charge in [0, 0.05) is 0 Å². The number of esters is 1. The fourth-order valence-electron chi connectivity index (χ4n) is 1.09. The molecule has 0 atom stereocenters. The Bertz CT molecular complexity index is 339. The third-order valence-electron chi connectivity index (χ3n) is 1.67. The van der Waals surface area contributed by atoms with Gasteiger partial charge in [0.05, 0.1) is 17.1 Å². The van der Waals surface area contributed by atoms with E-state index < -0.39 is 5.97 Å². The third kappa shape index (κ3) is 2.26. The molecule has 0 saturated carbocycles. The lowest BCUT2D eigenvalue weighted by Crippen LogP contribution is -2.06. The van der Waals surface area contributed by atoms with Gasteiger partial charge in [0.25, 0.3) is 0 Å². The first kappa shape index (κ1) is 11.0. The van der Waals surface area contributed by atoms with Crippen LogP contribution in [0.2, 0.25) is 0 Å². The van der Waals surface area contributed by atoms with Crippen molar-refractivity contribution < 1.29 is 13.9 Å². The Morgan fingerprint density at radius 1 is 1.57 bits per heavy atom. The van der Waals surface area contributed by atoms with Gasteiger partial charge >= 0.3 is 5.97 Å². The molecule has 0 unspecified atom stereocenters. The molecule has 0 saturated heterocycles. The monoisotopic (exact) mass is 214 g/mol. The van der Waals surface area contributed by atoms with Gasteiger partial charge in [-0.15, -0.1) is 11.8 Å². The first-order valence-corrected chi connectivity index (χ1v) is 5.42. The average Bonchev–Trinajstić information content (AvgIpc) is 2.17. The van der Waals surface area contributed by atoms with Crippen molar-refractivity contribution in [1.29, 1.82) is 0 Å². The summed E-state index contributed by atoms with van der Waals surface area (Å²) in [7, 11) is 0. The van der Waals surface area contributed by atoms with E-state index in [4.69, 9.17) is 4.74 Å². The minimum Gasteiger partial charge on any atom is -0.462 e. The van der Waals surface area contributed by atoms with E-state index in [1.165, 1.54) is 23.9 Å². The molecule has 14 heavy (non-hydrogen) atoms. The first-order chi connectivity index (χ1) is 6.70. The van der Waals surface area contributed by atoms with Crippen LogP contribution in [-0.4, -0.2) is 18.8 Å². The molecule has 1 rings (SSSR count). The lowest BCUT2D eigenvalue weighted by Gasteiger charge is -2.06. The van der Waals surface area contributed by atoms with Crippen LogP contribution in [0, 0.1) is 5.82 Å². The van der Waals surface area contributed by atoms with Gasteiger partial charge in [-0.1, -0.05) is 6.07 Å². The van der Waals surface area contributed by atoms with Crippen molar-refractivity contribution in [2.75, 3.05) is 12.9 Å². The molecule has 0 aliphatic heterocycles. The highest BCUT2D eigenvalue weighted by Gasteiger charge is 2.14. The number of rotatable bonds is 3. The molecule has 1 aromatic rings. The zero-order chi connectivity index (χ0) is 10.6. The fraction of sp³-hybridized carbons (Fsp3) is 0.300. The van der Waals surface area contributed by atoms with Crippen LogP contribution in [0.15, 0.2) is 23.1 Å². The number of carbonyl (C=O) groups is 1. The third-order valence-corrected chi connectivity index (χ3v) is 2.49. The van der Waals surface area contributed by atoms with E-state index in [9.17, 15) is 9.18 Å². The molecule has 0 fully saturated rings. The van der Waals surface area contributed by atoms with Gasteiger partial charge in [-0.05, 0) is 25.3 Å². The van der Waals surface area contributed by atoms with E-state index >= 15 is 0 Å². The minimum atomic E-state index is -0.476. The first-order valence-electron chi connectivity index (χ1n) is 4.20. The summed E-state index contributed by atoms with van der Waals surface area (Å²) < 4.78 is 18.0. The Kier molecular flexibility index (Phi) is 3.95. The van der Waals surface area contributed by atoms with Crippen molar-refractivity contribution >= 4 is 17.7 Å². The molecule has 0 radical (unpaired) electrons. The molecule has 0 N–H and O–H groups in total. The van der Waals surface area contributed by atoms with Crippen LogP contribution < -0.4 is 0 Å². The lowest BCUT2D eigenvalue weighted by molar-refractivity contribution is 0.0521. The molecule has 76 valence electrons. The fourth-order valence-corrected chi connectivity index (χ4v) is 1.72. The van der Waals surface area contributed by atoms with Gasteiger partial charge in [-0.25, -0.2) is 9.18 Å². The van der Waals surface area contributed by atoms with E-state index in [2.05, 4.69) is 0 Å². The highest BCUT2D eigenvalue weighted by atomic mass is 32.2. The summed E-state index contributed by atoms with van der Waals surface area (Å²) >= 11 is 1.20. The van der Waals surface area contributed by atoms with Gasteiger partial charge in [0.15, 0.2) is 0 Å². The van der Waals surface area contributed by atoms with Crippen LogP contribution in [0.5, 0.6) is 0 Å². The summed E-state index contributed by atoms with van der Waals surface area (Å²) in [5, 5.41) is 0. The minimum absolute atomic E-state index is 0.291. The van der Waals surface area contributed by atoms with Crippen molar-refractivity contribution in [2.24, 2.45) is 0 Å². The van der Waals surface area contributed by atoms with E-state index in [1.54, 1.807) is 19.2 Å². The normalized spacial score (nSPS) is 9.93. The predicted octanol–water partition coefficient (Wildman–Crippen LogP) is 2.72. The SMILES string of the molecule is CCOC(=O)c1cccc(F)c1SC. The van der Waals surface area contributed by atoms with Gasteiger partial charge in [-0.3, -0.25) is 0 Å². The molecular weight excluding hydrogens is 203 g/mol. The maximum Gasteiger partial charge on any atom is 0.339 e. The van der Waals surface area contributed by atoms with E-state index in [1.807, 2.05) is 0 Å². The zero-order valence-corrected chi connectivity index (χ0v) is 8.86. The van der Waals surface area contributed by atoms with Crippen molar-refractivity contribution in [2.45, 2.75) is 11.8 Å². The van der Waals surface area contributed by atoms with Crippen molar-refractivity contribution in [1.82, 2.24) is 0 Å². The second kappa shape index (κ2) is 5.00. The Balaban J connectivity index is 3.07. The second-order valence-electron chi connectivity index (χ2n) is 2.54. The van der Waals surface area contributed by atoms with E-state index in [0.717, 1.165) is 0 Å². The van der Waals surface area contributed by atoms with Crippen molar-refractivity contribution in [3.05, 3.63) is 29.6 Å². The van der Waals surface area contributed by atoms with Crippen LogP contribution in [0.4, 0.5) is 4.39 Å². The predicted molar refractivity (Wildman–Crippen MR) is 54.1 cm³/mol. The topological polar surface area (TPSA) is 26.3 Å². The molecule has 0 aliphatic carbocycles. The molecule has 0 bridgehead atoms. The summed E-state index contributed by atoms with van der Waals surface area (Å²) in [5.74, 6) is -0.862. The van der Waals surface area contributed by atoms with Gasteiger partial charge < -0.3 is 4.74 Å². The van der Waals surface area contributed by atoms with E-state index in [-0.39, 0.29) is 5.82 Å². The molecular formula is C10H11FO2S. The van der Waals surface area contributed by atoms with Crippen LogP contribution in [0.3, 0.4) is 0 Å². The summed E-state index contributed by atoms with van der Waals surface area (Å²) in [6.07, 6.45) is 1.72. The summed E-state index contributed by atoms with van der Waals surface area (Å²) in [6, 6.07) is 4.39. The Labute approximate surface area is 86.5 Å². The summed E-state index contributed by atoms with van der Waals surface area (Å²) in [4.78, 5) is 11.7. The number of hydrogen-bond acceptors (Lipinski definition) is 3. The van der Waals surface area contributed by atoms with Crippen LogP contribution >= 0.6 is 11.8 Å². The average molecular weight is 214 g/mol. The Morgan fingerprint density at radius 2 is 2.29 bits per heavy atom. The Hall–Kier alpha value is -1.03. The second-order valence-corrected chi connectivity index (χ2v) is 3.36. The number of hydrogen-bond donors (Lipinski definition) is 0. The number of benzene rings is 1. The van der Waals surface area contributed by atoms with Gasteiger partial charge in [-0.2, -0.15) is 0 Å². The van der Waals surface area contributed by atoms with Crippen LogP contribution in [0.25, 0.3) is 0 Å². The molecule has 0 heterocycles. The highest BCUT2D eigenvalue weighted by Crippen LogP contribution is 2.24. The van der Waals surface area contributed by atoms with Crippen molar-refractivity contribution in [3.63, 3.8) is 0 Å². The Morgan fingerprint density at radius 3 is 2.86 bits per heavy atom. The maximum absolute atomic E-state index is 13.2. The molecule has 4 heteroatoms. The van der Waals surface area contributed by atoms with Crippen molar-refractivity contribution in [3.8, 4) is 0 Å². The smallest absolute Gasteiger partial charge is 0.339 e. The highest BCUT2D eigenvalue weighted by molar-refractivity contribution is 7.98. The standard InChI is InChI=1S/C10H11FO2S/c1-3-13-10(12)7-5-4-6-8(11)9(7)14-2/h4-6H,3H2,1-2H3. The van der Waals surface area contributed by atoms with Crippen LogP contribution in [-0.2, 0) is 4.74 Å². The number of thioether (sulfide) groups is 1. The lowest BCUT2D eigenvalue weighted by atomic mass is 10.2.